The second kappa shape index (κ2) is 7.00. The van der Waals surface area contributed by atoms with Gasteiger partial charge in [-0.2, -0.15) is 0 Å². The molecule has 2 aliphatic heterocycles. The lowest BCUT2D eigenvalue weighted by atomic mass is 9.89. The first-order valence-corrected chi connectivity index (χ1v) is 8.10. The van der Waals surface area contributed by atoms with E-state index in [0.29, 0.717) is 57.8 Å². The van der Waals surface area contributed by atoms with Crippen LogP contribution >= 0.6 is 0 Å². The van der Waals surface area contributed by atoms with Gasteiger partial charge in [0, 0.05) is 37.7 Å². The van der Waals surface area contributed by atoms with E-state index in [1.165, 1.54) is 12.1 Å². The smallest absolute Gasteiger partial charge is 0.320 e. The number of Topliss-reactive ketones (excluding diaryl/α,β-unsaturated/α-hetero) is 1. The number of carbonyl (C=O) groups excluding carboxylic acids is 2. The summed E-state index contributed by atoms with van der Waals surface area (Å²) in [6.45, 7) is 3.72. The van der Waals surface area contributed by atoms with Crippen LogP contribution in [0.1, 0.15) is 23.2 Å². The quantitative estimate of drug-likeness (QED) is 0.843. The van der Waals surface area contributed by atoms with Crippen LogP contribution in [0.5, 0.6) is 5.75 Å². The lowest BCUT2D eigenvalue weighted by Crippen LogP contribution is -2.50. The predicted molar refractivity (Wildman–Crippen MR) is 84.5 cm³/mol. The number of hydrogen-bond donors (Lipinski definition) is 1. The summed E-state index contributed by atoms with van der Waals surface area (Å²) in [6, 6.07) is 6.43. The van der Waals surface area contributed by atoms with E-state index in [0.717, 1.165) is 0 Å². The second-order valence-corrected chi connectivity index (χ2v) is 6.05. The Morgan fingerprint density at radius 3 is 2.13 bits per heavy atom. The lowest BCUT2D eigenvalue weighted by molar-refractivity contribution is 0.0397. The van der Waals surface area contributed by atoms with Gasteiger partial charge < -0.3 is 19.6 Å². The largest absolute Gasteiger partial charge is 0.508 e. The summed E-state index contributed by atoms with van der Waals surface area (Å²) >= 11 is 0. The van der Waals surface area contributed by atoms with Crippen molar-refractivity contribution in [3.05, 3.63) is 29.8 Å². The molecule has 0 aromatic heterocycles. The number of morpholine rings is 1. The van der Waals surface area contributed by atoms with Crippen LogP contribution in [0.3, 0.4) is 0 Å². The maximum absolute atomic E-state index is 12.5. The zero-order valence-electron chi connectivity index (χ0n) is 13.1. The number of aromatic hydroxyl groups is 1. The van der Waals surface area contributed by atoms with Crippen LogP contribution in [0, 0.1) is 5.92 Å². The molecule has 124 valence electrons. The number of urea groups is 1. The minimum Gasteiger partial charge on any atom is -0.508 e. The standard InChI is InChI=1S/C17H22N2O4/c20-15-3-1-13(2-4-15)16(21)14-5-7-18(8-6-14)17(22)19-9-11-23-12-10-19/h1-4,14,20H,5-12H2. The number of phenols is 1. The molecule has 2 aliphatic rings. The fourth-order valence-electron chi connectivity index (χ4n) is 3.15. The Kier molecular flexibility index (Phi) is 4.81. The Balaban J connectivity index is 1.54. The summed E-state index contributed by atoms with van der Waals surface area (Å²) in [5, 5.41) is 9.30. The SMILES string of the molecule is O=C(c1ccc(O)cc1)C1CCN(C(=O)N2CCOCC2)CC1. The van der Waals surface area contributed by atoms with Gasteiger partial charge >= 0.3 is 6.03 Å². The van der Waals surface area contributed by atoms with Crippen LogP contribution in [0.25, 0.3) is 0 Å². The summed E-state index contributed by atoms with van der Waals surface area (Å²) in [7, 11) is 0. The molecule has 2 fully saturated rings. The first kappa shape index (κ1) is 15.8. The first-order valence-electron chi connectivity index (χ1n) is 8.10. The molecule has 6 heteroatoms. The van der Waals surface area contributed by atoms with Gasteiger partial charge in [0.25, 0.3) is 0 Å². The first-order chi connectivity index (χ1) is 11.1. The number of benzene rings is 1. The third kappa shape index (κ3) is 3.64. The molecule has 0 radical (unpaired) electrons. The molecule has 0 atom stereocenters. The summed E-state index contributed by atoms with van der Waals surface area (Å²) in [5.74, 6) is 0.212. The summed E-state index contributed by atoms with van der Waals surface area (Å²) in [6.07, 6.45) is 1.38. The molecular formula is C17H22N2O4. The van der Waals surface area contributed by atoms with Gasteiger partial charge in [0.1, 0.15) is 5.75 Å². The predicted octanol–water partition coefficient (Wildman–Crippen LogP) is 1.74. The van der Waals surface area contributed by atoms with Gasteiger partial charge in [-0.25, -0.2) is 4.79 Å². The molecule has 6 nitrogen and oxygen atoms in total. The third-order valence-corrected chi connectivity index (χ3v) is 4.57. The molecule has 1 aromatic carbocycles. The maximum Gasteiger partial charge on any atom is 0.320 e. The van der Waals surface area contributed by atoms with Crippen LogP contribution in [-0.4, -0.2) is 66.1 Å². The van der Waals surface area contributed by atoms with Gasteiger partial charge in [-0.15, -0.1) is 0 Å². The van der Waals surface area contributed by atoms with E-state index in [2.05, 4.69) is 0 Å². The number of rotatable bonds is 2. The van der Waals surface area contributed by atoms with E-state index in [-0.39, 0.29) is 23.5 Å². The average molecular weight is 318 g/mol. The van der Waals surface area contributed by atoms with Crippen molar-refractivity contribution in [1.82, 2.24) is 9.80 Å². The van der Waals surface area contributed by atoms with E-state index in [4.69, 9.17) is 4.74 Å². The van der Waals surface area contributed by atoms with E-state index in [9.17, 15) is 14.7 Å². The van der Waals surface area contributed by atoms with Gasteiger partial charge in [0.05, 0.1) is 13.2 Å². The normalized spacial score (nSPS) is 19.7. The molecule has 3 rings (SSSR count). The van der Waals surface area contributed by atoms with E-state index in [1.54, 1.807) is 12.1 Å². The Morgan fingerprint density at radius 1 is 0.957 bits per heavy atom. The fraction of sp³-hybridized carbons (Fsp3) is 0.529. The molecule has 0 saturated carbocycles. The van der Waals surface area contributed by atoms with Crippen LogP contribution in [0.2, 0.25) is 0 Å². The van der Waals surface area contributed by atoms with E-state index in [1.807, 2.05) is 9.80 Å². The van der Waals surface area contributed by atoms with Crippen molar-refractivity contribution in [2.45, 2.75) is 12.8 Å². The van der Waals surface area contributed by atoms with Crippen molar-refractivity contribution in [3.63, 3.8) is 0 Å². The maximum atomic E-state index is 12.5. The highest BCUT2D eigenvalue weighted by atomic mass is 16.5. The van der Waals surface area contributed by atoms with Crippen molar-refractivity contribution >= 4 is 11.8 Å². The summed E-state index contributed by atoms with van der Waals surface area (Å²) < 4.78 is 5.27. The van der Waals surface area contributed by atoms with Gasteiger partial charge in [0.2, 0.25) is 0 Å². The highest BCUT2D eigenvalue weighted by molar-refractivity contribution is 5.98. The Morgan fingerprint density at radius 2 is 1.52 bits per heavy atom. The molecule has 1 aromatic rings. The molecule has 0 unspecified atom stereocenters. The van der Waals surface area contributed by atoms with Crippen molar-refractivity contribution in [2.24, 2.45) is 5.92 Å². The number of ether oxygens (including phenoxy) is 1. The van der Waals surface area contributed by atoms with Gasteiger partial charge in [-0.3, -0.25) is 4.79 Å². The van der Waals surface area contributed by atoms with Gasteiger partial charge in [-0.1, -0.05) is 0 Å². The topological polar surface area (TPSA) is 70.1 Å². The Labute approximate surface area is 135 Å². The fourth-order valence-corrected chi connectivity index (χ4v) is 3.15. The van der Waals surface area contributed by atoms with Crippen molar-refractivity contribution in [2.75, 3.05) is 39.4 Å². The molecule has 1 N–H and O–H groups in total. The number of amides is 2. The number of carbonyl (C=O) groups is 2. The number of piperidine rings is 1. The highest BCUT2D eigenvalue weighted by Crippen LogP contribution is 2.23. The van der Waals surface area contributed by atoms with Crippen LogP contribution in [0.4, 0.5) is 4.79 Å². The molecule has 2 amide bonds. The lowest BCUT2D eigenvalue weighted by Gasteiger charge is -2.36. The number of nitrogens with zero attached hydrogens (tertiary/aromatic N) is 2. The Bertz CT molecular complexity index is 558. The third-order valence-electron chi connectivity index (χ3n) is 4.57. The molecular weight excluding hydrogens is 296 g/mol. The van der Waals surface area contributed by atoms with E-state index < -0.39 is 0 Å². The highest BCUT2D eigenvalue weighted by Gasteiger charge is 2.30. The average Bonchev–Trinajstić information content (AvgIpc) is 2.62. The summed E-state index contributed by atoms with van der Waals surface area (Å²) in [4.78, 5) is 28.6. The molecule has 0 aliphatic carbocycles. The number of phenolic OH excluding ortho intramolecular Hbond substituents is 1. The number of likely N-dealkylation sites (tertiary alicyclic amines) is 1. The van der Waals surface area contributed by atoms with Crippen molar-refractivity contribution < 1.29 is 19.4 Å². The number of hydrogen-bond acceptors (Lipinski definition) is 4. The molecule has 2 heterocycles. The van der Waals surface area contributed by atoms with Crippen LogP contribution in [-0.2, 0) is 4.74 Å². The molecule has 2 saturated heterocycles. The van der Waals surface area contributed by atoms with E-state index >= 15 is 0 Å². The van der Waals surface area contributed by atoms with Crippen LogP contribution < -0.4 is 0 Å². The van der Waals surface area contributed by atoms with Crippen molar-refractivity contribution in [3.8, 4) is 5.75 Å². The number of ketones is 1. The van der Waals surface area contributed by atoms with Crippen molar-refractivity contribution in [1.29, 1.82) is 0 Å². The van der Waals surface area contributed by atoms with Crippen LogP contribution in [0.15, 0.2) is 24.3 Å². The monoisotopic (exact) mass is 318 g/mol. The molecule has 23 heavy (non-hydrogen) atoms. The Hall–Kier alpha value is -2.08. The zero-order chi connectivity index (χ0) is 16.2. The van der Waals surface area contributed by atoms with Gasteiger partial charge in [-0.05, 0) is 37.1 Å². The second-order valence-electron chi connectivity index (χ2n) is 6.05. The summed E-state index contributed by atoms with van der Waals surface area (Å²) in [5.41, 5.74) is 0.626. The van der Waals surface area contributed by atoms with Gasteiger partial charge in [0.15, 0.2) is 5.78 Å². The minimum atomic E-state index is -0.0479. The molecule has 0 bridgehead atoms. The zero-order valence-corrected chi connectivity index (χ0v) is 13.1. The minimum absolute atomic E-state index is 0.0479. The molecule has 0 spiro atoms.